The Morgan fingerprint density at radius 3 is 2.85 bits per heavy atom. The van der Waals surface area contributed by atoms with Gasteiger partial charge in [0.2, 0.25) is 0 Å². The molecule has 2 heterocycles. The molecule has 2 atom stereocenters. The summed E-state index contributed by atoms with van der Waals surface area (Å²) in [6.45, 7) is 6.78. The number of aryl methyl sites for hydroxylation is 1. The van der Waals surface area contributed by atoms with Crippen molar-refractivity contribution < 1.29 is 4.42 Å². The topological polar surface area (TPSA) is 59.5 Å². The summed E-state index contributed by atoms with van der Waals surface area (Å²) in [6, 6.07) is 7.82. The molecule has 0 amide bonds. The van der Waals surface area contributed by atoms with Crippen molar-refractivity contribution in [1.82, 2.24) is 4.90 Å². The second-order valence-electron chi connectivity index (χ2n) is 5.93. The number of hydrogen-bond donors (Lipinski definition) is 1. The van der Waals surface area contributed by atoms with Crippen LogP contribution in [0.5, 0.6) is 0 Å². The molecule has 4 heteroatoms. The molecule has 0 spiro atoms. The van der Waals surface area contributed by atoms with Gasteiger partial charge >= 0.3 is 5.63 Å². The number of likely N-dealkylation sites (tertiary alicyclic amines) is 1. The molecule has 2 N–H and O–H groups in total. The Bertz CT molecular complexity index is 682. The lowest BCUT2D eigenvalue weighted by Crippen LogP contribution is -2.28. The molecule has 3 rings (SSSR count). The Labute approximate surface area is 118 Å². The average Bonchev–Trinajstić information content (AvgIpc) is 2.67. The number of hydrogen-bond acceptors (Lipinski definition) is 4. The molecule has 1 aliphatic rings. The second-order valence-corrected chi connectivity index (χ2v) is 5.93. The number of rotatable bonds is 2. The van der Waals surface area contributed by atoms with E-state index in [2.05, 4.69) is 11.8 Å². The third-order valence-corrected chi connectivity index (χ3v) is 4.13. The highest BCUT2D eigenvalue weighted by Gasteiger charge is 2.26. The maximum absolute atomic E-state index is 11.7. The molecule has 1 fully saturated rings. The van der Waals surface area contributed by atoms with Gasteiger partial charge in [0.1, 0.15) is 5.58 Å². The normalized spacial score (nSPS) is 23.6. The van der Waals surface area contributed by atoms with Gasteiger partial charge in [-0.1, -0.05) is 19.1 Å². The highest BCUT2D eigenvalue weighted by molar-refractivity contribution is 5.80. The first-order chi connectivity index (χ1) is 9.52. The minimum absolute atomic E-state index is 0.226. The first kappa shape index (κ1) is 13.3. The molecule has 1 aliphatic heterocycles. The summed E-state index contributed by atoms with van der Waals surface area (Å²) in [5, 5.41) is 1.02. The summed E-state index contributed by atoms with van der Waals surface area (Å²) in [5.41, 5.74) is 8.57. The molecule has 0 radical (unpaired) electrons. The Morgan fingerprint density at radius 2 is 2.15 bits per heavy atom. The van der Waals surface area contributed by atoms with Crippen LogP contribution >= 0.6 is 0 Å². The summed E-state index contributed by atoms with van der Waals surface area (Å²) < 4.78 is 5.29. The van der Waals surface area contributed by atoms with Gasteiger partial charge < -0.3 is 10.2 Å². The zero-order valence-electron chi connectivity index (χ0n) is 11.9. The van der Waals surface area contributed by atoms with Gasteiger partial charge in [0.25, 0.3) is 0 Å². The van der Waals surface area contributed by atoms with Gasteiger partial charge in [-0.25, -0.2) is 4.79 Å². The van der Waals surface area contributed by atoms with Gasteiger partial charge in [0, 0.05) is 37.1 Å². The molecule has 2 unspecified atom stereocenters. The van der Waals surface area contributed by atoms with Gasteiger partial charge in [0.15, 0.2) is 0 Å². The molecule has 4 nitrogen and oxygen atoms in total. The third-order valence-electron chi connectivity index (χ3n) is 4.13. The van der Waals surface area contributed by atoms with Crippen LogP contribution in [0.25, 0.3) is 11.0 Å². The maximum atomic E-state index is 11.7. The van der Waals surface area contributed by atoms with Crippen molar-refractivity contribution in [3.05, 3.63) is 45.8 Å². The van der Waals surface area contributed by atoms with Crippen molar-refractivity contribution in [2.24, 2.45) is 11.7 Å². The highest BCUT2D eigenvalue weighted by atomic mass is 16.4. The molecule has 1 aromatic carbocycles. The minimum atomic E-state index is -0.283. The van der Waals surface area contributed by atoms with Crippen LogP contribution in [0.2, 0.25) is 0 Å². The van der Waals surface area contributed by atoms with Gasteiger partial charge in [0.05, 0.1) is 0 Å². The zero-order chi connectivity index (χ0) is 14.3. The lowest BCUT2D eigenvalue weighted by Gasteiger charge is -2.16. The van der Waals surface area contributed by atoms with Crippen molar-refractivity contribution in [1.29, 1.82) is 0 Å². The molecule has 0 saturated carbocycles. The van der Waals surface area contributed by atoms with E-state index in [9.17, 15) is 4.79 Å². The molecule has 1 saturated heterocycles. The van der Waals surface area contributed by atoms with E-state index in [4.69, 9.17) is 10.2 Å². The Morgan fingerprint density at radius 1 is 1.35 bits per heavy atom. The summed E-state index contributed by atoms with van der Waals surface area (Å²) in [7, 11) is 0. The van der Waals surface area contributed by atoms with Crippen LogP contribution in [-0.4, -0.2) is 24.0 Å². The smallest absolute Gasteiger partial charge is 0.336 e. The van der Waals surface area contributed by atoms with Crippen LogP contribution < -0.4 is 11.4 Å². The first-order valence-corrected chi connectivity index (χ1v) is 7.04. The fourth-order valence-electron chi connectivity index (χ4n) is 2.93. The number of benzene rings is 1. The first-order valence-electron chi connectivity index (χ1n) is 7.04. The number of fused-ring (bicyclic) bond motifs is 1. The summed E-state index contributed by atoms with van der Waals surface area (Å²) in [4.78, 5) is 14.0. The van der Waals surface area contributed by atoms with E-state index in [1.54, 1.807) is 6.07 Å². The van der Waals surface area contributed by atoms with E-state index in [1.807, 2.05) is 25.1 Å². The van der Waals surface area contributed by atoms with E-state index in [0.29, 0.717) is 11.5 Å². The molecule has 1 aromatic heterocycles. The fraction of sp³-hybridized carbons (Fsp3) is 0.438. The van der Waals surface area contributed by atoms with Crippen LogP contribution in [0.4, 0.5) is 0 Å². The van der Waals surface area contributed by atoms with Crippen LogP contribution in [0.15, 0.2) is 33.5 Å². The van der Waals surface area contributed by atoms with Crippen LogP contribution in [0.1, 0.15) is 18.1 Å². The largest absolute Gasteiger partial charge is 0.423 e. The van der Waals surface area contributed by atoms with Crippen molar-refractivity contribution in [2.75, 3.05) is 13.1 Å². The molecular weight excluding hydrogens is 252 g/mol. The van der Waals surface area contributed by atoms with Gasteiger partial charge in [-0.3, -0.25) is 4.90 Å². The SMILES string of the molecule is Cc1ccc2c(CN3CC(C)C(N)C3)cc(=O)oc2c1. The summed E-state index contributed by atoms with van der Waals surface area (Å²) >= 11 is 0. The van der Waals surface area contributed by atoms with Crippen LogP contribution in [0, 0.1) is 12.8 Å². The number of nitrogens with zero attached hydrogens (tertiary/aromatic N) is 1. The molecular formula is C16H20N2O2. The standard InChI is InChI=1S/C16H20N2O2/c1-10-3-4-13-12(6-16(19)20-15(13)5-10)8-18-7-11(2)14(17)9-18/h3-6,11,14H,7-9,17H2,1-2H3. The lowest BCUT2D eigenvalue weighted by molar-refractivity contribution is 0.319. The predicted octanol–water partition coefficient (Wildman–Crippen LogP) is 1.88. The molecule has 0 bridgehead atoms. The van der Waals surface area contributed by atoms with Crippen molar-refractivity contribution in [2.45, 2.75) is 26.4 Å². The Balaban J connectivity index is 1.97. The van der Waals surface area contributed by atoms with E-state index in [0.717, 1.165) is 36.1 Å². The molecule has 0 aliphatic carbocycles. The Kier molecular flexibility index (Phi) is 3.36. The van der Waals surface area contributed by atoms with Gasteiger partial charge in [-0.05, 0) is 30.0 Å². The monoisotopic (exact) mass is 272 g/mol. The fourth-order valence-corrected chi connectivity index (χ4v) is 2.93. The van der Waals surface area contributed by atoms with Crippen molar-refractivity contribution in [3.8, 4) is 0 Å². The second kappa shape index (κ2) is 5.04. The molecule has 2 aromatic rings. The van der Waals surface area contributed by atoms with Gasteiger partial charge in [-0.15, -0.1) is 0 Å². The molecule has 106 valence electrons. The maximum Gasteiger partial charge on any atom is 0.336 e. The quantitative estimate of drug-likeness (QED) is 0.848. The average molecular weight is 272 g/mol. The van der Waals surface area contributed by atoms with E-state index >= 15 is 0 Å². The van der Waals surface area contributed by atoms with E-state index in [1.165, 1.54) is 0 Å². The van der Waals surface area contributed by atoms with E-state index < -0.39 is 0 Å². The van der Waals surface area contributed by atoms with Crippen molar-refractivity contribution in [3.63, 3.8) is 0 Å². The lowest BCUT2D eigenvalue weighted by atomic mass is 10.1. The summed E-state index contributed by atoms with van der Waals surface area (Å²) in [6.07, 6.45) is 0. The predicted molar refractivity (Wildman–Crippen MR) is 79.6 cm³/mol. The van der Waals surface area contributed by atoms with Gasteiger partial charge in [-0.2, -0.15) is 0 Å². The Hall–Kier alpha value is -1.65. The third kappa shape index (κ3) is 2.49. The zero-order valence-corrected chi connectivity index (χ0v) is 11.9. The molecule has 20 heavy (non-hydrogen) atoms. The minimum Gasteiger partial charge on any atom is -0.423 e. The van der Waals surface area contributed by atoms with Crippen LogP contribution in [0.3, 0.4) is 0 Å². The van der Waals surface area contributed by atoms with Crippen molar-refractivity contribution >= 4 is 11.0 Å². The van der Waals surface area contributed by atoms with E-state index in [-0.39, 0.29) is 11.7 Å². The summed E-state index contributed by atoms with van der Waals surface area (Å²) in [5.74, 6) is 0.503. The van der Waals surface area contributed by atoms with Crippen LogP contribution in [-0.2, 0) is 6.54 Å². The number of nitrogens with two attached hydrogens (primary N) is 1. The highest BCUT2D eigenvalue weighted by Crippen LogP contribution is 2.22.